The zero-order chi connectivity index (χ0) is 14.9. The number of rotatable bonds is 4. The molecule has 3 N–H and O–H groups in total. The summed E-state index contributed by atoms with van der Waals surface area (Å²) in [5.74, 6) is -1.37. The zero-order valence-corrected chi connectivity index (χ0v) is 12.1. The molecule has 0 spiro atoms. The van der Waals surface area contributed by atoms with Crippen molar-refractivity contribution in [3.05, 3.63) is 30.3 Å². The molecule has 0 saturated carbocycles. The van der Waals surface area contributed by atoms with Gasteiger partial charge in [0.05, 0.1) is 0 Å². The smallest absolute Gasteiger partial charge is 0.300 e. The molecule has 1 aromatic carbocycles. The first-order chi connectivity index (χ1) is 8.81. The molecule has 1 unspecified atom stereocenters. The molecular weight excluding hydrogens is 321 g/mol. The quantitative estimate of drug-likeness (QED) is 0.399. The molecule has 1 amide bonds. The van der Waals surface area contributed by atoms with Crippen LogP contribution in [-0.2, 0) is 21.0 Å². The van der Waals surface area contributed by atoms with Crippen molar-refractivity contribution in [1.82, 2.24) is 5.48 Å². The fraction of sp³-hybridized carbons (Fsp3) is 0.200. The van der Waals surface area contributed by atoms with Gasteiger partial charge in [-0.1, -0.05) is 0 Å². The fourth-order valence-corrected chi connectivity index (χ4v) is 2.99. The standard InChI is InChI=1S/C8H10AsNO5.C2H4O2/c1-7(11)10-14-9(12,15-13)8-5-3-2-4-6-8;1-2(3)4/h2-6,13H,1H3,(H,10,11);1H3,(H,3,4). The maximum Gasteiger partial charge on any atom is 0.300 e. The summed E-state index contributed by atoms with van der Waals surface area (Å²) in [5.41, 5.74) is 1.88. The minimum Gasteiger partial charge on any atom is -0.481 e. The van der Waals surface area contributed by atoms with Crippen LogP contribution in [-0.4, -0.2) is 36.4 Å². The molecule has 1 atom stereocenters. The maximum absolute atomic E-state index is 11.8. The van der Waals surface area contributed by atoms with Crippen LogP contribution in [0.5, 0.6) is 0 Å². The van der Waals surface area contributed by atoms with Crippen LogP contribution in [0.3, 0.4) is 0 Å². The number of benzene rings is 1. The van der Waals surface area contributed by atoms with E-state index >= 15 is 0 Å². The third-order valence-corrected chi connectivity index (χ3v) is 4.59. The van der Waals surface area contributed by atoms with Crippen LogP contribution in [0.4, 0.5) is 0 Å². The SMILES string of the molecule is CC(=O)NO[As](=O)(OO)c1ccccc1.CC(=O)O. The Morgan fingerprint density at radius 1 is 1.21 bits per heavy atom. The van der Waals surface area contributed by atoms with E-state index in [-0.39, 0.29) is 4.35 Å². The van der Waals surface area contributed by atoms with Gasteiger partial charge >= 0.3 is 88.7 Å². The summed E-state index contributed by atoms with van der Waals surface area (Å²) in [7, 11) is 0. The van der Waals surface area contributed by atoms with E-state index in [9.17, 15) is 8.53 Å². The van der Waals surface area contributed by atoms with Gasteiger partial charge in [0.15, 0.2) is 0 Å². The van der Waals surface area contributed by atoms with E-state index in [0.29, 0.717) is 0 Å². The van der Waals surface area contributed by atoms with Crippen molar-refractivity contribution in [2.24, 2.45) is 0 Å². The third-order valence-electron chi connectivity index (χ3n) is 1.49. The first-order valence-electron chi connectivity index (χ1n) is 4.95. The first kappa shape index (κ1) is 17.4. The van der Waals surface area contributed by atoms with Gasteiger partial charge in [-0.25, -0.2) is 0 Å². The van der Waals surface area contributed by atoms with Gasteiger partial charge in [-0.3, -0.25) is 4.79 Å². The molecule has 9 heteroatoms. The van der Waals surface area contributed by atoms with Crippen LogP contribution < -0.4 is 9.83 Å². The van der Waals surface area contributed by atoms with E-state index in [4.69, 9.17) is 15.2 Å². The summed E-state index contributed by atoms with van der Waals surface area (Å²) in [5, 5.41) is 16.0. The van der Waals surface area contributed by atoms with E-state index < -0.39 is 26.0 Å². The number of carboxylic acid groups (broad SMARTS) is 1. The number of carbonyl (C=O) groups is 2. The molecule has 0 bridgehead atoms. The Bertz CT molecular complexity index is 458. The van der Waals surface area contributed by atoms with Crippen LogP contribution in [0.25, 0.3) is 0 Å². The predicted molar refractivity (Wildman–Crippen MR) is 64.4 cm³/mol. The summed E-state index contributed by atoms with van der Waals surface area (Å²) in [4.78, 5) is 19.6. The minimum atomic E-state index is -4.55. The number of carbonyl (C=O) groups excluding carboxylic acids is 1. The number of hydrogen-bond donors (Lipinski definition) is 3. The second-order valence-electron chi connectivity index (χ2n) is 3.18. The normalized spacial score (nSPS) is 12.6. The molecule has 0 heterocycles. The van der Waals surface area contributed by atoms with Gasteiger partial charge in [-0.2, -0.15) is 0 Å². The fourth-order valence-electron chi connectivity index (χ4n) is 0.851. The Labute approximate surface area is 112 Å². The van der Waals surface area contributed by atoms with E-state index in [1.165, 1.54) is 19.1 Å². The van der Waals surface area contributed by atoms with Crippen LogP contribution in [0, 0.1) is 0 Å². The molecule has 8 nitrogen and oxygen atoms in total. The van der Waals surface area contributed by atoms with Crippen LogP contribution in [0.1, 0.15) is 13.8 Å². The van der Waals surface area contributed by atoms with Crippen molar-refractivity contribution < 1.29 is 31.4 Å². The molecular formula is C10H14AsNO7. The molecule has 1 rings (SSSR count). The van der Waals surface area contributed by atoms with Gasteiger partial charge < -0.3 is 5.11 Å². The summed E-state index contributed by atoms with van der Waals surface area (Å²) < 4.78 is 20.5. The monoisotopic (exact) mass is 335 g/mol. The molecule has 1 aromatic rings. The summed E-state index contributed by atoms with van der Waals surface area (Å²) in [6, 6.07) is 7.87. The average molecular weight is 335 g/mol. The number of hydrogen-bond acceptors (Lipinski definition) is 6. The largest absolute Gasteiger partial charge is 0.481 e. The van der Waals surface area contributed by atoms with E-state index in [1.807, 2.05) is 5.48 Å². The number of hydroxylamine groups is 1. The number of carboxylic acids is 1. The average Bonchev–Trinajstić information content (AvgIpc) is 2.36. The molecule has 0 aliphatic carbocycles. The van der Waals surface area contributed by atoms with E-state index in [1.54, 1.807) is 18.2 Å². The number of amides is 1. The van der Waals surface area contributed by atoms with Crippen molar-refractivity contribution in [2.75, 3.05) is 0 Å². The maximum atomic E-state index is 11.8. The van der Waals surface area contributed by atoms with Crippen LogP contribution in [0.15, 0.2) is 30.3 Å². The van der Waals surface area contributed by atoms with Gasteiger partial charge in [-0.15, -0.1) is 0 Å². The summed E-state index contributed by atoms with van der Waals surface area (Å²) >= 11 is -4.55. The van der Waals surface area contributed by atoms with Gasteiger partial charge in [0.25, 0.3) is 5.97 Å². The Morgan fingerprint density at radius 2 is 1.68 bits per heavy atom. The first-order valence-corrected chi connectivity index (χ1v) is 8.19. The third kappa shape index (κ3) is 7.42. The van der Waals surface area contributed by atoms with Crippen molar-refractivity contribution in [3.63, 3.8) is 0 Å². The van der Waals surface area contributed by atoms with Crippen molar-refractivity contribution >= 4 is 30.4 Å². The Morgan fingerprint density at radius 3 is 2.05 bits per heavy atom. The predicted octanol–water partition coefficient (Wildman–Crippen LogP) is -0.0888. The summed E-state index contributed by atoms with van der Waals surface area (Å²) in [6.45, 7) is 2.27. The molecule has 0 fully saturated rings. The zero-order valence-electron chi connectivity index (χ0n) is 10.3. The molecule has 0 saturated heterocycles. The van der Waals surface area contributed by atoms with Crippen LogP contribution >= 0.6 is 0 Å². The molecule has 0 radical (unpaired) electrons. The molecule has 106 valence electrons. The number of nitrogens with one attached hydrogen (secondary N) is 1. The van der Waals surface area contributed by atoms with Gasteiger partial charge in [0.2, 0.25) is 0 Å². The number of aliphatic carboxylic acids is 1. The van der Waals surface area contributed by atoms with E-state index in [0.717, 1.165) is 6.92 Å². The summed E-state index contributed by atoms with van der Waals surface area (Å²) in [6.07, 6.45) is 0. The topological polar surface area (TPSA) is 122 Å². The second-order valence-corrected chi connectivity index (χ2v) is 7.08. The van der Waals surface area contributed by atoms with Crippen molar-refractivity contribution in [1.29, 1.82) is 0 Å². The van der Waals surface area contributed by atoms with E-state index in [2.05, 4.69) is 7.70 Å². The van der Waals surface area contributed by atoms with Gasteiger partial charge in [0.1, 0.15) is 0 Å². The molecule has 19 heavy (non-hydrogen) atoms. The van der Waals surface area contributed by atoms with Crippen molar-refractivity contribution in [2.45, 2.75) is 13.8 Å². The van der Waals surface area contributed by atoms with Crippen molar-refractivity contribution in [3.8, 4) is 0 Å². The Balaban J connectivity index is 0.000000711. The van der Waals surface area contributed by atoms with Gasteiger partial charge in [-0.05, 0) is 0 Å². The van der Waals surface area contributed by atoms with Crippen LogP contribution in [0.2, 0.25) is 0 Å². The molecule has 0 aliphatic rings. The Kier molecular flexibility index (Phi) is 7.78. The Hall–Kier alpha value is -1.60. The second kappa shape index (κ2) is 8.49. The molecule has 0 aromatic heterocycles. The van der Waals surface area contributed by atoms with Gasteiger partial charge in [0, 0.05) is 6.92 Å². The minimum absolute atomic E-state index is 0.201. The molecule has 0 aliphatic heterocycles.